The second kappa shape index (κ2) is 5.10. The van der Waals surface area contributed by atoms with E-state index in [4.69, 9.17) is 17.3 Å². The van der Waals surface area contributed by atoms with E-state index in [0.29, 0.717) is 34.9 Å². The monoisotopic (exact) mass is 251 g/mol. The van der Waals surface area contributed by atoms with Crippen LogP contribution < -0.4 is 5.73 Å². The predicted octanol–water partition coefficient (Wildman–Crippen LogP) is 2.64. The van der Waals surface area contributed by atoms with Gasteiger partial charge in [0.15, 0.2) is 0 Å². The van der Waals surface area contributed by atoms with Crippen LogP contribution in [0.25, 0.3) is 0 Å². The summed E-state index contributed by atoms with van der Waals surface area (Å²) in [6.45, 7) is 0. The number of nitrogen functional groups attached to an aromatic ring is 1. The average molecular weight is 252 g/mol. The highest BCUT2D eigenvalue weighted by atomic mass is 35.5. The second-order valence-electron chi connectivity index (χ2n) is 3.63. The van der Waals surface area contributed by atoms with E-state index in [9.17, 15) is 4.39 Å². The van der Waals surface area contributed by atoms with Crippen LogP contribution in [0, 0.1) is 5.82 Å². The van der Waals surface area contributed by atoms with Crippen molar-refractivity contribution < 1.29 is 4.39 Å². The predicted molar refractivity (Wildman–Crippen MR) is 65.3 cm³/mol. The molecule has 0 aliphatic heterocycles. The van der Waals surface area contributed by atoms with E-state index in [2.05, 4.69) is 9.97 Å². The van der Waals surface area contributed by atoms with Gasteiger partial charge in [-0.1, -0.05) is 17.7 Å². The van der Waals surface area contributed by atoms with Crippen LogP contribution in [0.3, 0.4) is 0 Å². The summed E-state index contributed by atoms with van der Waals surface area (Å²) in [5, 5.41) is 0.431. The maximum atomic E-state index is 13.5. The van der Waals surface area contributed by atoms with E-state index in [1.54, 1.807) is 12.1 Å². The van der Waals surface area contributed by atoms with Gasteiger partial charge in [0.2, 0.25) is 0 Å². The molecule has 0 bridgehead atoms. The number of aryl methyl sites for hydroxylation is 1. The molecule has 88 valence electrons. The number of aromatic nitrogens is 2. The molecule has 1 heterocycles. The molecule has 0 unspecified atom stereocenters. The Hall–Kier alpha value is -1.68. The lowest BCUT2D eigenvalue weighted by atomic mass is 10.1. The van der Waals surface area contributed by atoms with Gasteiger partial charge in [0.1, 0.15) is 11.6 Å². The van der Waals surface area contributed by atoms with Crippen LogP contribution in [0.5, 0.6) is 0 Å². The molecule has 0 saturated heterocycles. The molecule has 0 amide bonds. The van der Waals surface area contributed by atoms with Crippen molar-refractivity contribution in [2.75, 3.05) is 5.73 Å². The zero-order chi connectivity index (χ0) is 12.3. The molecule has 5 heteroatoms. The Kier molecular flexibility index (Phi) is 3.54. The van der Waals surface area contributed by atoms with Crippen molar-refractivity contribution in [2.45, 2.75) is 12.8 Å². The molecule has 0 radical (unpaired) electrons. The summed E-state index contributed by atoms with van der Waals surface area (Å²) >= 11 is 5.92. The van der Waals surface area contributed by atoms with Gasteiger partial charge in [-0.25, -0.2) is 14.4 Å². The molecule has 0 atom stereocenters. The summed E-state index contributed by atoms with van der Waals surface area (Å²) in [7, 11) is 0. The Morgan fingerprint density at radius 1 is 1.18 bits per heavy atom. The summed E-state index contributed by atoms with van der Waals surface area (Å²) in [5.41, 5.74) is 6.48. The van der Waals surface area contributed by atoms with Gasteiger partial charge in [0.05, 0.1) is 18.1 Å². The molecule has 17 heavy (non-hydrogen) atoms. The number of nitrogens with zero attached hydrogens (tertiary/aromatic N) is 2. The van der Waals surface area contributed by atoms with Crippen molar-refractivity contribution in [3.8, 4) is 0 Å². The fourth-order valence-electron chi connectivity index (χ4n) is 1.50. The highest BCUT2D eigenvalue weighted by Gasteiger charge is 2.07. The fourth-order valence-corrected chi connectivity index (χ4v) is 1.76. The largest absolute Gasteiger partial charge is 0.396 e. The summed E-state index contributed by atoms with van der Waals surface area (Å²) in [4.78, 5) is 8.10. The van der Waals surface area contributed by atoms with Gasteiger partial charge in [0, 0.05) is 17.0 Å². The Morgan fingerprint density at radius 2 is 1.88 bits per heavy atom. The first-order valence-corrected chi connectivity index (χ1v) is 5.54. The fraction of sp³-hybridized carbons (Fsp3) is 0.167. The van der Waals surface area contributed by atoms with Crippen LogP contribution in [0.15, 0.2) is 30.6 Å². The maximum absolute atomic E-state index is 13.5. The van der Waals surface area contributed by atoms with E-state index < -0.39 is 0 Å². The van der Waals surface area contributed by atoms with E-state index in [1.165, 1.54) is 18.5 Å². The summed E-state index contributed by atoms with van der Waals surface area (Å²) in [6, 6.07) is 4.65. The molecule has 2 N–H and O–H groups in total. The lowest BCUT2D eigenvalue weighted by molar-refractivity contribution is 0.607. The molecule has 1 aromatic heterocycles. The molecule has 0 fully saturated rings. The van der Waals surface area contributed by atoms with Crippen molar-refractivity contribution in [1.82, 2.24) is 9.97 Å². The number of anilines is 1. The van der Waals surface area contributed by atoms with Gasteiger partial charge >= 0.3 is 0 Å². The Morgan fingerprint density at radius 3 is 2.53 bits per heavy atom. The highest BCUT2D eigenvalue weighted by Crippen LogP contribution is 2.20. The van der Waals surface area contributed by atoms with Crippen LogP contribution in [-0.2, 0) is 12.8 Å². The van der Waals surface area contributed by atoms with Crippen molar-refractivity contribution in [2.24, 2.45) is 0 Å². The third-order valence-corrected chi connectivity index (χ3v) is 2.74. The minimum absolute atomic E-state index is 0.298. The lowest BCUT2D eigenvalue weighted by Gasteiger charge is -2.05. The highest BCUT2D eigenvalue weighted by molar-refractivity contribution is 6.31. The van der Waals surface area contributed by atoms with Gasteiger partial charge in [-0.2, -0.15) is 0 Å². The molecule has 1 aromatic carbocycles. The van der Waals surface area contributed by atoms with E-state index >= 15 is 0 Å². The Bertz CT molecular complexity index is 493. The molecule has 0 aliphatic carbocycles. The van der Waals surface area contributed by atoms with Crippen molar-refractivity contribution in [1.29, 1.82) is 0 Å². The van der Waals surface area contributed by atoms with E-state index in [0.717, 1.165) is 0 Å². The zero-order valence-electron chi connectivity index (χ0n) is 9.03. The minimum Gasteiger partial charge on any atom is -0.396 e. The third kappa shape index (κ3) is 2.91. The van der Waals surface area contributed by atoms with Crippen molar-refractivity contribution in [3.63, 3.8) is 0 Å². The first kappa shape index (κ1) is 11.8. The lowest BCUT2D eigenvalue weighted by Crippen LogP contribution is -2.01. The molecular formula is C12H11ClFN3. The molecular weight excluding hydrogens is 241 g/mol. The zero-order valence-corrected chi connectivity index (χ0v) is 9.78. The summed E-state index contributed by atoms with van der Waals surface area (Å²) in [5.74, 6) is 0.325. The van der Waals surface area contributed by atoms with Gasteiger partial charge in [-0.15, -0.1) is 0 Å². The van der Waals surface area contributed by atoms with Crippen LogP contribution in [0.1, 0.15) is 11.4 Å². The van der Waals surface area contributed by atoms with Gasteiger partial charge < -0.3 is 5.73 Å². The molecule has 2 rings (SSSR count). The van der Waals surface area contributed by atoms with E-state index in [-0.39, 0.29) is 5.82 Å². The number of halogens is 2. The Labute approximate surface area is 103 Å². The smallest absolute Gasteiger partial charge is 0.128 e. The number of nitrogens with two attached hydrogens (primary N) is 1. The van der Waals surface area contributed by atoms with Crippen molar-refractivity contribution in [3.05, 3.63) is 52.8 Å². The number of hydrogen-bond donors (Lipinski definition) is 1. The topological polar surface area (TPSA) is 51.8 Å². The third-order valence-electron chi connectivity index (χ3n) is 2.39. The summed E-state index contributed by atoms with van der Waals surface area (Å²) < 4.78 is 13.5. The Balaban J connectivity index is 2.10. The normalized spacial score (nSPS) is 10.5. The van der Waals surface area contributed by atoms with Gasteiger partial charge in [-0.3, -0.25) is 0 Å². The van der Waals surface area contributed by atoms with Gasteiger partial charge in [0.25, 0.3) is 0 Å². The molecule has 3 nitrogen and oxygen atoms in total. The van der Waals surface area contributed by atoms with Crippen LogP contribution in [0.2, 0.25) is 5.02 Å². The molecule has 0 spiro atoms. The molecule has 0 aliphatic rings. The first-order valence-electron chi connectivity index (χ1n) is 5.16. The van der Waals surface area contributed by atoms with Crippen molar-refractivity contribution >= 4 is 17.3 Å². The average Bonchev–Trinajstić information content (AvgIpc) is 2.31. The first-order chi connectivity index (χ1) is 8.16. The van der Waals surface area contributed by atoms with Gasteiger partial charge in [-0.05, 0) is 18.6 Å². The van der Waals surface area contributed by atoms with Crippen LogP contribution >= 0.6 is 11.6 Å². The van der Waals surface area contributed by atoms with E-state index in [1.807, 2.05) is 0 Å². The quantitative estimate of drug-likeness (QED) is 0.912. The number of hydrogen-bond acceptors (Lipinski definition) is 3. The van der Waals surface area contributed by atoms with Crippen LogP contribution in [0.4, 0.5) is 10.1 Å². The number of benzene rings is 1. The second-order valence-corrected chi connectivity index (χ2v) is 4.04. The molecule has 2 aromatic rings. The summed E-state index contributed by atoms with van der Waals surface area (Å²) in [6.07, 6.45) is 4.06. The minimum atomic E-state index is -0.298. The standard InChI is InChI=1S/C12H11ClFN3/c13-10-2-1-3-11(14)9(10)4-5-12-16-6-8(15)7-17-12/h1-3,6-7H,4-5,15H2. The maximum Gasteiger partial charge on any atom is 0.128 e. The molecule has 0 saturated carbocycles. The number of rotatable bonds is 3. The SMILES string of the molecule is Nc1cnc(CCc2c(F)cccc2Cl)nc1. The van der Waals surface area contributed by atoms with Crippen LogP contribution in [-0.4, -0.2) is 9.97 Å².